The maximum absolute atomic E-state index is 8.10. The molecular formula is C62H39ClN2. The first-order chi connectivity index (χ1) is 32.2. The Balaban J connectivity index is 1.09. The van der Waals surface area contributed by atoms with E-state index in [9.17, 15) is 0 Å². The zero-order valence-corrected chi connectivity index (χ0v) is 36.0. The van der Waals surface area contributed by atoms with Crippen molar-refractivity contribution in [3.63, 3.8) is 0 Å². The highest BCUT2D eigenvalue weighted by Crippen LogP contribution is 2.51. The first kappa shape index (κ1) is 37.4. The Bertz CT molecular complexity index is 3720. The Kier molecular flexibility index (Phi) is 8.62. The van der Waals surface area contributed by atoms with Crippen molar-refractivity contribution in [1.82, 2.24) is 0 Å². The first-order valence-electron chi connectivity index (χ1n) is 22.2. The van der Waals surface area contributed by atoms with Crippen molar-refractivity contribution in [1.29, 1.82) is 0 Å². The number of fused-ring (bicyclic) bond motifs is 14. The Hall–Kier alpha value is -8.17. The van der Waals surface area contributed by atoms with Crippen molar-refractivity contribution in [2.24, 2.45) is 0 Å². The van der Waals surface area contributed by atoms with Gasteiger partial charge in [0, 0.05) is 22.1 Å². The largest absolute Gasteiger partial charge is 0.308 e. The molecule has 0 aliphatic heterocycles. The molecule has 0 N–H and O–H groups in total. The van der Waals surface area contributed by atoms with Crippen LogP contribution >= 0.6 is 11.6 Å². The number of rotatable bonds is 6. The lowest BCUT2D eigenvalue weighted by molar-refractivity contribution is 1.27. The average Bonchev–Trinajstić information content (AvgIpc) is 3.37. The molecule has 304 valence electrons. The van der Waals surface area contributed by atoms with Crippen LogP contribution in [0.15, 0.2) is 237 Å². The van der Waals surface area contributed by atoms with E-state index in [0.717, 1.165) is 55.7 Å². The van der Waals surface area contributed by atoms with Gasteiger partial charge >= 0.3 is 0 Å². The standard InChI is InChI=1S/C62H39ClN2/c63-62-60(64(58-30-13-18-40-16-1-3-20-44(40)58)42-34-36-54-50-26-7-5-22-46(50)48-24-9-11-28-52(48)56(54)38-42)32-15-33-61(62)65(59-31-14-19-41-17-2-4-21-45(41)59)43-35-37-55-51-27-8-6-23-47(51)49-25-10-12-29-53(49)57(55)39-43/h1-39H. The Labute approximate surface area is 381 Å². The number of halogens is 1. The lowest BCUT2D eigenvalue weighted by Crippen LogP contribution is -2.15. The van der Waals surface area contributed by atoms with E-state index in [1.807, 2.05) is 0 Å². The second kappa shape index (κ2) is 15.0. The second-order valence-electron chi connectivity index (χ2n) is 16.9. The SMILES string of the molecule is Clc1c(N(c2ccc3c4ccccc4c4ccccc4c3c2)c2cccc3ccccc23)cccc1N(c1ccc2c3ccccc3c3ccccc3c2c1)c1cccc2ccccc12. The van der Waals surface area contributed by atoms with Gasteiger partial charge in [0.05, 0.1) is 27.8 Å². The highest BCUT2D eigenvalue weighted by molar-refractivity contribution is 6.37. The Morgan fingerprint density at radius 1 is 0.215 bits per heavy atom. The fourth-order valence-corrected chi connectivity index (χ4v) is 10.8. The minimum atomic E-state index is 0.639. The van der Waals surface area contributed by atoms with E-state index in [1.54, 1.807) is 0 Å². The lowest BCUT2D eigenvalue weighted by atomic mass is 9.93. The van der Waals surface area contributed by atoms with Crippen molar-refractivity contribution in [3.8, 4) is 0 Å². The maximum atomic E-state index is 8.10. The summed E-state index contributed by atoms with van der Waals surface area (Å²) in [6, 6.07) is 85.7. The summed E-state index contributed by atoms with van der Waals surface area (Å²) < 4.78 is 0. The summed E-state index contributed by atoms with van der Waals surface area (Å²) in [7, 11) is 0. The van der Waals surface area contributed by atoms with E-state index in [2.05, 4.69) is 246 Å². The minimum absolute atomic E-state index is 0.639. The smallest absolute Gasteiger partial charge is 0.0887 e. The van der Waals surface area contributed by atoms with Gasteiger partial charge in [0.15, 0.2) is 0 Å². The third kappa shape index (κ3) is 5.88. The van der Waals surface area contributed by atoms with Crippen LogP contribution in [0, 0.1) is 0 Å². The molecule has 13 aromatic carbocycles. The van der Waals surface area contributed by atoms with Crippen LogP contribution in [0.25, 0.3) is 86.2 Å². The molecule has 0 amide bonds. The number of benzene rings is 13. The molecule has 0 radical (unpaired) electrons. The summed E-state index contributed by atoms with van der Waals surface area (Å²) in [5.74, 6) is 0. The van der Waals surface area contributed by atoms with Crippen molar-refractivity contribution >= 4 is 132 Å². The van der Waals surface area contributed by atoms with Crippen molar-refractivity contribution in [2.75, 3.05) is 9.80 Å². The molecule has 3 heteroatoms. The molecule has 0 atom stereocenters. The van der Waals surface area contributed by atoms with Gasteiger partial charge < -0.3 is 9.80 Å². The zero-order valence-electron chi connectivity index (χ0n) is 35.3. The number of hydrogen-bond donors (Lipinski definition) is 0. The van der Waals surface area contributed by atoms with Crippen LogP contribution in [-0.4, -0.2) is 0 Å². The van der Waals surface area contributed by atoms with Crippen LogP contribution in [0.1, 0.15) is 0 Å². The van der Waals surface area contributed by atoms with Crippen LogP contribution in [0.4, 0.5) is 34.1 Å². The summed E-state index contributed by atoms with van der Waals surface area (Å²) in [5, 5.41) is 20.0. The molecule has 0 aliphatic carbocycles. The van der Waals surface area contributed by atoms with Gasteiger partial charge in [-0.15, -0.1) is 0 Å². The van der Waals surface area contributed by atoms with Gasteiger partial charge in [0.1, 0.15) is 0 Å². The van der Waals surface area contributed by atoms with Crippen molar-refractivity contribution in [3.05, 3.63) is 242 Å². The number of anilines is 6. The molecule has 0 spiro atoms. The monoisotopic (exact) mass is 846 g/mol. The molecule has 13 rings (SSSR count). The molecule has 0 saturated carbocycles. The van der Waals surface area contributed by atoms with Gasteiger partial charge in [-0.2, -0.15) is 0 Å². The summed E-state index contributed by atoms with van der Waals surface area (Å²) in [6.45, 7) is 0. The summed E-state index contributed by atoms with van der Waals surface area (Å²) in [6.07, 6.45) is 0. The van der Waals surface area contributed by atoms with E-state index < -0.39 is 0 Å². The summed E-state index contributed by atoms with van der Waals surface area (Å²) in [5.41, 5.74) is 5.91. The number of hydrogen-bond acceptors (Lipinski definition) is 2. The van der Waals surface area contributed by atoms with E-state index in [-0.39, 0.29) is 0 Å². The fourth-order valence-electron chi connectivity index (χ4n) is 10.5. The Morgan fingerprint density at radius 3 is 0.846 bits per heavy atom. The summed E-state index contributed by atoms with van der Waals surface area (Å²) in [4.78, 5) is 4.72. The average molecular weight is 847 g/mol. The molecular weight excluding hydrogens is 808 g/mol. The molecule has 0 aromatic heterocycles. The summed E-state index contributed by atoms with van der Waals surface area (Å²) >= 11 is 8.10. The van der Waals surface area contributed by atoms with Crippen LogP contribution in [0.2, 0.25) is 5.02 Å². The topological polar surface area (TPSA) is 6.48 Å². The van der Waals surface area contributed by atoms with E-state index in [0.29, 0.717) is 5.02 Å². The molecule has 0 fully saturated rings. The quantitative estimate of drug-likeness (QED) is 0.154. The van der Waals surface area contributed by atoms with Crippen LogP contribution < -0.4 is 9.80 Å². The molecule has 0 bridgehead atoms. The van der Waals surface area contributed by atoms with Gasteiger partial charge in [-0.05, 0) is 124 Å². The number of nitrogens with zero attached hydrogens (tertiary/aromatic N) is 2. The molecule has 65 heavy (non-hydrogen) atoms. The van der Waals surface area contributed by atoms with Crippen molar-refractivity contribution < 1.29 is 0 Å². The molecule has 0 heterocycles. The third-order valence-corrected chi connectivity index (χ3v) is 13.8. The van der Waals surface area contributed by atoms with Crippen LogP contribution in [0.5, 0.6) is 0 Å². The highest BCUT2D eigenvalue weighted by Gasteiger charge is 2.25. The van der Waals surface area contributed by atoms with Crippen LogP contribution in [0.3, 0.4) is 0 Å². The lowest BCUT2D eigenvalue weighted by Gasteiger charge is -2.32. The van der Waals surface area contributed by atoms with Gasteiger partial charge in [-0.1, -0.05) is 200 Å². The molecule has 13 aromatic rings. The molecule has 0 unspecified atom stereocenters. The van der Waals surface area contributed by atoms with Crippen molar-refractivity contribution in [2.45, 2.75) is 0 Å². The molecule has 2 nitrogen and oxygen atoms in total. The van der Waals surface area contributed by atoms with E-state index >= 15 is 0 Å². The van der Waals surface area contributed by atoms with E-state index in [1.165, 1.54) is 64.6 Å². The predicted octanol–water partition coefficient (Wildman–Crippen LogP) is 18.5. The minimum Gasteiger partial charge on any atom is -0.308 e. The normalized spacial score (nSPS) is 11.8. The molecule has 0 saturated heterocycles. The van der Waals surface area contributed by atoms with Gasteiger partial charge in [0.25, 0.3) is 0 Å². The van der Waals surface area contributed by atoms with E-state index in [4.69, 9.17) is 11.6 Å². The van der Waals surface area contributed by atoms with Gasteiger partial charge in [-0.25, -0.2) is 0 Å². The predicted molar refractivity (Wildman–Crippen MR) is 281 cm³/mol. The fraction of sp³-hybridized carbons (Fsp3) is 0. The maximum Gasteiger partial charge on any atom is 0.0887 e. The first-order valence-corrected chi connectivity index (χ1v) is 22.6. The van der Waals surface area contributed by atoms with Gasteiger partial charge in [0.2, 0.25) is 0 Å². The van der Waals surface area contributed by atoms with Crippen LogP contribution in [-0.2, 0) is 0 Å². The zero-order chi connectivity index (χ0) is 43.0. The Morgan fingerprint density at radius 2 is 0.477 bits per heavy atom. The van der Waals surface area contributed by atoms with Gasteiger partial charge in [-0.3, -0.25) is 0 Å². The second-order valence-corrected chi connectivity index (χ2v) is 17.3. The highest BCUT2D eigenvalue weighted by atomic mass is 35.5. The third-order valence-electron chi connectivity index (χ3n) is 13.4. The molecule has 0 aliphatic rings.